The van der Waals surface area contributed by atoms with Gasteiger partial charge in [-0.25, -0.2) is 4.79 Å². The first-order valence-electron chi connectivity index (χ1n) is 7.08. The van der Waals surface area contributed by atoms with Crippen LogP contribution in [0.25, 0.3) is 10.8 Å². The Kier molecular flexibility index (Phi) is 4.21. The van der Waals surface area contributed by atoms with Gasteiger partial charge in [-0.15, -0.1) is 0 Å². The van der Waals surface area contributed by atoms with Gasteiger partial charge in [0.05, 0.1) is 6.04 Å². The zero-order valence-corrected chi connectivity index (χ0v) is 13.7. The molecule has 3 rings (SSSR count). The Balaban J connectivity index is 2.22. The van der Waals surface area contributed by atoms with Crippen LogP contribution in [0.2, 0.25) is 0 Å². The number of hydrogen-bond acceptors (Lipinski definition) is 2. The first-order chi connectivity index (χ1) is 11.1. The average Bonchev–Trinajstić information content (AvgIpc) is 2.54. The van der Waals surface area contributed by atoms with Crippen LogP contribution in [-0.4, -0.2) is 11.1 Å². The van der Waals surface area contributed by atoms with E-state index in [9.17, 15) is 9.90 Å². The number of nitrogens with one attached hydrogen (secondary N) is 1. The maximum Gasteiger partial charge on any atom is 0.312 e. The Hall–Kier alpha value is -2.53. The molecule has 4 N–H and O–H groups in total. The third-order valence-corrected chi connectivity index (χ3v) is 4.25. The lowest BCUT2D eigenvalue weighted by molar-refractivity contribution is 0.247. The van der Waals surface area contributed by atoms with Crippen LogP contribution in [0.3, 0.4) is 0 Å². The number of amides is 2. The van der Waals surface area contributed by atoms with E-state index < -0.39 is 12.1 Å². The second-order valence-corrected chi connectivity index (χ2v) is 6.13. The molecule has 4 nitrogen and oxygen atoms in total. The molecule has 0 aliphatic rings. The summed E-state index contributed by atoms with van der Waals surface area (Å²) in [6.07, 6.45) is 0. The Morgan fingerprint density at radius 3 is 2.43 bits per heavy atom. The number of hydrogen-bond donors (Lipinski definition) is 3. The van der Waals surface area contributed by atoms with Crippen LogP contribution in [0.15, 0.2) is 65.1 Å². The van der Waals surface area contributed by atoms with Gasteiger partial charge in [-0.2, -0.15) is 0 Å². The van der Waals surface area contributed by atoms with E-state index in [-0.39, 0.29) is 5.75 Å². The van der Waals surface area contributed by atoms with Crippen molar-refractivity contribution in [2.24, 2.45) is 5.73 Å². The number of rotatable bonds is 3. The predicted molar refractivity (Wildman–Crippen MR) is 94.3 cm³/mol. The van der Waals surface area contributed by atoms with Crippen LogP contribution in [0.4, 0.5) is 4.79 Å². The lowest BCUT2D eigenvalue weighted by Crippen LogP contribution is -2.34. The zero-order chi connectivity index (χ0) is 16.4. The Bertz CT molecular complexity index is 863. The van der Waals surface area contributed by atoms with Gasteiger partial charge < -0.3 is 16.2 Å². The molecule has 116 valence electrons. The maximum atomic E-state index is 11.5. The van der Waals surface area contributed by atoms with Crippen molar-refractivity contribution in [3.8, 4) is 5.75 Å². The Morgan fingerprint density at radius 1 is 1.04 bits per heavy atom. The van der Waals surface area contributed by atoms with Gasteiger partial charge >= 0.3 is 6.03 Å². The lowest BCUT2D eigenvalue weighted by atomic mass is 9.93. The summed E-state index contributed by atoms with van der Waals surface area (Å²) in [5, 5.41) is 15.0. The molecule has 0 spiro atoms. The molecule has 23 heavy (non-hydrogen) atoms. The number of halogens is 1. The van der Waals surface area contributed by atoms with E-state index in [1.54, 1.807) is 6.07 Å². The van der Waals surface area contributed by atoms with E-state index >= 15 is 0 Å². The Labute approximate surface area is 142 Å². The van der Waals surface area contributed by atoms with Gasteiger partial charge in [-0.1, -0.05) is 58.4 Å². The van der Waals surface area contributed by atoms with Crippen molar-refractivity contribution in [2.45, 2.75) is 6.04 Å². The monoisotopic (exact) mass is 370 g/mol. The minimum atomic E-state index is -0.648. The van der Waals surface area contributed by atoms with Gasteiger partial charge in [0.15, 0.2) is 0 Å². The van der Waals surface area contributed by atoms with Gasteiger partial charge in [0, 0.05) is 10.0 Å². The minimum Gasteiger partial charge on any atom is -0.508 e. The molecule has 0 fully saturated rings. The number of primary amides is 1. The summed E-state index contributed by atoms with van der Waals surface area (Å²) < 4.78 is 0.932. The van der Waals surface area contributed by atoms with Crippen molar-refractivity contribution < 1.29 is 9.90 Å². The first-order valence-corrected chi connectivity index (χ1v) is 7.87. The minimum absolute atomic E-state index is 0.116. The number of nitrogens with two attached hydrogens (primary N) is 1. The number of aromatic hydroxyl groups is 1. The Morgan fingerprint density at radius 2 is 1.74 bits per heavy atom. The van der Waals surface area contributed by atoms with Gasteiger partial charge in [0.25, 0.3) is 0 Å². The highest BCUT2D eigenvalue weighted by atomic mass is 79.9. The summed E-state index contributed by atoms with van der Waals surface area (Å²) in [4.78, 5) is 11.5. The number of phenols is 1. The van der Waals surface area contributed by atoms with E-state index in [0.717, 1.165) is 20.8 Å². The molecule has 0 bridgehead atoms. The molecule has 0 aliphatic heterocycles. The molecule has 0 saturated heterocycles. The highest BCUT2D eigenvalue weighted by Crippen LogP contribution is 2.36. The second kappa shape index (κ2) is 6.30. The van der Waals surface area contributed by atoms with Gasteiger partial charge in [0.2, 0.25) is 0 Å². The summed E-state index contributed by atoms with van der Waals surface area (Å²) >= 11 is 3.39. The zero-order valence-electron chi connectivity index (χ0n) is 12.2. The molecular formula is C18H15BrN2O2. The molecule has 1 atom stereocenters. The van der Waals surface area contributed by atoms with Crippen molar-refractivity contribution in [2.75, 3.05) is 0 Å². The van der Waals surface area contributed by atoms with Crippen LogP contribution in [0.5, 0.6) is 5.75 Å². The number of phenolic OH excluding ortho intramolecular Hbond substituents is 1. The highest BCUT2D eigenvalue weighted by molar-refractivity contribution is 9.10. The molecule has 5 heteroatoms. The normalized spacial score (nSPS) is 12.0. The van der Waals surface area contributed by atoms with E-state index in [2.05, 4.69) is 21.2 Å². The standard InChI is InChI=1S/C18H15BrN2O2/c19-13-8-5-12(6-9-13)17(21-18(20)23)16-14-4-2-1-3-11(14)7-10-15(16)22/h1-10,17,22H,(H3,20,21,23). The fraction of sp³-hybridized carbons (Fsp3) is 0.0556. The maximum absolute atomic E-state index is 11.5. The summed E-state index contributed by atoms with van der Waals surface area (Å²) in [5.41, 5.74) is 6.81. The smallest absolute Gasteiger partial charge is 0.312 e. The van der Waals surface area contributed by atoms with Gasteiger partial charge in [-0.05, 0) is 34.5 Å². The highest BCUT2D eigenvalue weighted by Gasteiger charge is 2.21. The van der Waals surface area contributed by atoms with Crippen LogP contribution in [0, 0.1) is 0 Å². The van der Waals surface area contributed by atoms with Crippen LogP contribution < -0.4 is 11.1 Å². The quantitative estimate of drug-likeness (QED) is 0.649. The predicted octanol–water partition coefficient (Wildman–Crippen LogP) is 4.07. The first kappa shape index (κ1) is 15.4. The van der Waals surface area contributed by atoms with Crippen LogP contribution in [0.1, 0.15) is 17.2 Å². The molecule has 3 aromatic carbocycles. The van der Waals surface area contributed by atoms with E-state index in [4.69, 9.17) is 5.73 Å². The molecule has 1 unspecified atom stereocenters. The van der Waals surface area contributed by atoms with E-state index in [0.29, 0.717) is 5.56 Å². The van der Waals surface area contributed by atoms with Crippen molar-refractivity contribution in [3.63, 3.8) is 0 Å². The third-order valence-electron chi connectivity index (χ3n) is 3.73. The molecule has 0 aliphatic carbocycles. The summed E-state index contributed by atoms with van der Waals surface area (Å²) in [5.74, 6) is 0.116. The van der Waals surface area contributed by atoms with Crippen molar-refractivity contribution in [1.29, 1.82) is 0 Å². The number of carbonyl (C=O) groups excluding carboxylic acids is 1. The summed E-state index contributed by atoms with van der Waals surface area (Å²) in [6, 6.07) is 17.5. The molecular weight excluding hydrogens is 356 g/mol. The lowest BCUT2D eigenvalue weighted by Gasteiger charge is -2.21. The number of urea groups is 1. The molecule has 0 saturated carbocycles. The SMILES string of the molecule is NC(=O)NC(c1ccc(Br)cc1)c1c(O)ccc2ccccc12. The van der Waals surface area contributed by atoms with E-state index in [1.807, 2.05) is 54.6 Å². The van der Waals surface area contributed by atoms with Crippen LogP contribution >= 0.6 is 15.9 Å². The summed E-state index contributed by atoms with van der Waals surface area (Å²) in [6.45, 7) is 0. The van der Waals surface area contributed by atoms with Crippen LogP contribution in [-0.2, 0) is 0 Å². The number of carbonyl (C=O) groups is 1. The van der Waals surface area contributed by atoms with E-state index in [1.165, 1.54) is 0 Å². The topological polar surface area (TPSA) is 75.4 Å². The van der Waals surface area contributed by atoms with Crippen molar-refractivity contribution in [3.05, 3.63) is 76.3 Å². The molecule has 0 heterocycles. The summed E-state index contributed by atoms with van der Waals surface area (Å²) in [7, 11) is 0. The second-order valence-electron chi connectivity index (χ2n) is 5.21. The molecule has 0 radical (unpaired) electrons. The van der Waals surface area contributed by atoms with Crippen molar-refractivity contribution in [1.82, 2.24) is 5.32 Å². The fourth-order valence-electron chi connectivity index (χ4n) is 2.71. The van der Waals surface area contributed by atoms with Crippen molar-refractivity contribution >= 4 is 32.7 Å². The largest absolute Gasteiger partial charge is 0.508 e. The van der Waals surface area contributed by atoms with Gasteiger partial charge in [-0.3, -0.25) is 0 Å². The number of benzene rings is 3. The molecule has 0 aromatic heterocycles. The fourth-order valence-corrected chi connectivity index (χ4v) is 2.97. The molecule has 3 aromatic rings. The molecule has 2 amide bonds. The van der Waals surface area contributed by atoms with Gasteiger partial charge in [0.1, 0.15) is 5.75 Å². The number of fused-ring (bicyclic) bond motifs is 1. The third kappa shape index (κ3) is 3.14. The average molecular weight is 371 g/mol.